The fourth-order valence-corrected chi connectivity index (χ4v) is 0.794. The maximum Gasteiger partial charge on any atom is 0.227 e. The molecule has 0 aliphatic carbocycles. The number of nitrogens with two attached hydrogens (primary N) is 1. The maximum atomic E-state index is 11.5. The molecule has 84 valence electrons. The number of aliphatic hydroxyl groups is 1. The maximum absolute atomic E-state index is 11.5. The lowest BCUT2D eigenvalue weighted by atomic mass is 9.93. The van der Waals surface area contributed by atoms with E-state index in [2.05, 4.69) is 5.32 Å². The lowest BCUT2D eigenvalue weighted by Gasteiger charge is -2.22. The molecule has 0 aliphatic heterocycles. The van der Waals surface area contributed by atoms with Gasteiger partial charge in [-0.25, -0.2) is 0 Å². The Hall–Kier alpha value is -0.650. The summed E-state index contributed by atoms with van der Waals surface area (Å²) in [5.41, 5.74) is 4.83. The van der Waals surface area contributed by atoms with Crippen LogP contribution in [0.5, 0.6) is 0 Å². The number of nitrogens with one attached hydrogen (secondary N) is 1. The Labute approximate surface area is 84.6 Å². The smallest absolute Gasteiger partial charge is 0.227 e. The average molecular weight is 204 g/mol. The number of hydrogen-bond acceptors (Lipinski definition) is 4. The normalized spacial score (nSPS) is 13.8. The second kappa shape index (κ2) is 5.95. The van der Waals surface area contributed by atoms with Gasteiger partial charge in [0.15, 0.2) is 0 Å². The molecule has 1 unspecified atom stereocenters. The zero-order chi connectivity index (χ0) is 11.2. The summed E-state index contributed by atoms with van der Waals surface area (Å²) in [4.78, 5) is 11.5. The van der Waals surface area contributed by atoms with Crippen LogP contribution in [0, 0.1) is 5.41 Å². The highest BCUT2D eigenvalue weighted by molar-refractivity contribution is 5.82. The summed E-state index contributed by atoms with van der Waals surface area (Å²) in [6.45, 7) is 4.19. The van der Waals surface area contributed by atoms with E-state index in [0.29, 0.717) is 0 Å². The number of hydrogen-bond donors (Lipinski definition) is 3. The first-order valence-corrected chi connectivity index (χ1v) is 4.59. The van der Waals surface area contributed by atoms with Gasteiger partial charge in [0.25, 0.3) is 0 Å². The van der Waals surface area contributed by atoms with Crippen molar-refractivity contribution in [1.29, 1.82) is 0 Å². The van der Waals surface area contributed by atoms with E-state index in [0.717, 1.165) is 0 Å². The number of carbonyl (C=O) groups excluding carboxylic acids is 1. The van der Waals surface area contributed by atoms with Crippen LogP contribution in [0.3, 0.4) is 0 Å². The lowest BCUT2D eigenvalue weighted by Crippen LogP contribution is -2.44. The standard InChI is InChI=1S/C9H20N2O3/c1-9(2,6-10)8(13)11-4-7(12)5-14-3/h7,12H,4-6,10H2,1-3H3,(H,11,13). The second-order valence-electron chi connectivity index (χ2n) is 3.91. The Kier molecular flexibility index (Phi) is 5.68. The molecule has 0 radical (unpaired) electrons. The largest absolute Gasteiger partial charge is 0.389 e. The van der Waals surface area contributed by atoms with Gasteiger partial charge in [-0.2, -0.15) is 0 Å². The zero-order valence-corrected chi connectivity index (χ0v) is 9.04. The minimum absolute atomic E-state index is 0.157. The van der Waals surface area contributed by atoms with Gasteiger partial charge in [0, 0.05) is 20.2 Å². The number of carbonyl (C=O) groups is 1. The van der Waals surface area contributed by atoms with E-state index in [1.807, 2.05) is 0 Å². The molecule has 0 bridgehead atoms. The van der Waals surface area contributed by atoms with Crippen LogP contribution in [0.15, 0.2) is 0 Å². The number of ether oxygens (including phenoxy) is 1. The van der Waals surface area contributed by atoms with Gasteiger partial charge in [-0.1, -0.05) is 0 Å². The third-order valence-electron chi connectivity index (χ3n) is 1.98. The van der Waals surface area contributed by atoms with Gasteiger partial charge < -0.3 is 20.9 Å². The van der Waals surface area contributed by atoms with Crippen LogP contribution in [0.25, 0.3) is 0 Å². The summed E-state index contributed by atoms with van der Waals surface area (Å²) in [7, 11) is 1.49. The van der Waals surface area contributed by atoms with Crippen LogP contribution >= 0.6 is 0 Å². The van der Waals surface area contributed by atoms with Crippen molar-refractivity contribution in [3.8, 4) is 0 Å². The Morgan fingerprint density at radius 2 is 2.21 bits per heavy atom. The lowest BCUT2D eigenvalue weighted by molar-refractivity contribution is -0.129. The third kappa shape index (κ3) is 4.55. The Morgan fingerprint density at radius 1 is 1.64 bits per heavy atom. The van der Waals surface area contributed by atoms with Crippen molar-refractivity contribution in [2.45, 2.75) is 20.0 Å². The highest BCUT2D eigenvalue weighted by atomic mass is 16.5. The molecule has 4 N–H and O–H groups in total. The number of aliphatic hydroxyl groups excluding tert-OH is 1. The molecule has 14 heavy (non-hydrogen) atoms. The minimum Gasteiger partial charge on any atom is -0.389 e. The molecule has 1 amide bonds. The van der Waals surface area contributed by atoms with Crippen molar-refractivity contribution in [2.75, 3.05) is 26.8 Å². The van der Waals surface area contributed by atoms with E-state index in [4.69, 9.17) is 10.5 Å². The first-order valence-electron chi connectivity index (χ1n) is 4.59. The highest BCUT2D eigenvalue weighted by Gasteiger charge is 2.25. The highest BCUT2D eigenvalue weighted by Crippen LogP contribution is 2.11. The molecule has 0 aromatic carbocycles. The van der Waals surface area contributed by atoms with Gasteiger partial charge in [0.1, 0.15) is 0 Å². The van der Waals surface area contributed by atoms with Gasteiger partial charge in [0.2, 0.25) is 5.91 Å². The van der Waals surface area contributed by atoms with Crippen molar-refractivity contribution < 1.29 is 14.6 Å². The topological polar surface area (TPSA) is 84.6 Å². The molecule has 5 nitrogen and oxygen atoms in total. The predicted octanol–water partition coefficient (Wildman–Crippen LogP) is -0.905. The van der Waals surface area contributed by atoms with Crippen molar-refractivity contribution in [3.63, 3.8) is 0 Å². The van der Waals surface area contributed by atoms with Gasteiger partial charge in [-0.05, 0) is 13.8 Å². The van der Waals surface area contributed by atoms with E-state index < -0.39 is 11.5 Å². The number of rotatable bonds is 6. The molecule has 0 fully saturated rings. The Bertz CT molecular complexity index is 183. The van der Waals surface area contributed by atoms with E-state index in [1.165, 1.54) is 7.11 Å². The molecule has 0 rings (SSSR count). The first-order chi connectivity index (χ1) is 6.44. The van der Waals surface area contributed by atoms with E-state index in [9.17, 15) is 9.90 Å². The van der Waals surface area contributed by atoms with Crippen molar-refractivity contribution in [1.82, 2.24) is 5.32 Å². The summed E-state index contributed by atoms with van der Waals surface area (Å²) < 4.78 is 4.72. The SMILES string of the molecule is COCC(O)CNC(=O)C(C)(C)CN. The minimum atomic E-state index is -0.669. The summed E-state index contributed by atoms with van der Waals surface area (Å²) in [5, 5.41) is 11.9. The first kappa shape index (κ1) is 13.4. The van der Waals surface area contributed by atoms with Crippen LogP contribution in [0.1, 0.15) is 13.8 Å². The Balaban J connectivity index is 3.85. The van der Waals surface area contributed by atoms with Gasteiger partial charge in [-0.3, -0.25) is 4.79 Å². The van der Waals surface area contributed by atoms with Crippen LogP contribution in [0.4, 0.5) is 0 Å². The van der Waals surface area contributed by atoms with Gasteiger partial charge in [-0.15, -0.1) is 0 Å². The quantitative estimate of drug-likeness (QED) is 0.523. The summed E-state index contributed by atoms with van der Waals surface area (Å²) in [5.74, 6) is -0.157. The average Bonchev–Trinajstić information content (AvgIpc) is 2.14. The molecule has 0 saturated heterocycles. The van der Waals surface area contributed by atoms with E-state index in [1.54, 1.807) is 13.8 Å². The van der Waals surface area contributed by atoms with Crippen molar-refractivity contribution >= 4 is 5.91 Å². The second-order valence-corrected chi connectivity index (χ2v) is 3.91. The van der Waals surface area contributed by atoms with Crippen LogP contribution in [0.2, 0.25) is 0 Å². The molecule has 0 saturated carbocycles. The fraction of sp³-hybridized carbons (Fsp3) is 0.889. The molecular weight excluding hydrogens is 184 g/mol. The molecule has 0 heterocycles. The van der Waals surface area contributed by atoms with E-state index >= 15 is 0 Å². The number of methoxy groups -OCH3 is 1. The monoisotopic (exact) mass is 204 g/mol. The zero-order valence-electron chi connectivity index (χ0n) is 9.04. The van der Waals surface area contributed by atoms with Gasteiger partial charge >= 0.3 is 0 Å². The van der Waals surface area contributed by atoms with E-state index in [-0.39, 0.29) is 25.6 Å². The van der Waals surface area contributed by atoms with Crippen LogP contribution < -0.4 is 11.1 Å². The van der Waals surface area contributed by atoms with Crippen LogP contribution in [-0.2, 0) is 9.53 Å². The third-order valence-corrected chi connectivity index (χ3v) is 1.98. The molecule has 0 spiro atoms. The number of amides is 1. The molecule has 1 atom stereocenters. The van der Waals surface area contributed by atoms with Crippen LogP contribution in [-0.4, -0.2) is 43.9 Å². The summed E-state index contributed by atoms with van der Waals surface area (Å²) in [6.07, 6.45) is -0.669. The molecule has 0 aromatic heterocycles. The molecular formula is C9H20N2O3. The van der Waals surface area contributed by atoms with Gasteiger partial charge in [0.05, 0.1) is 18.1 Å². The van der Waals surface area contributed by atoms with Crippen molar-refractivity contribution in [3.05, 3.63) is 0 Å². The van der Waals surface area contributed by atoms with Crippen molar-refractivity contribution in [2.24, 2.45) is 11.1 Å². The Morgan fingerprint density at radius 3 is 2.64 bits per heavy atom. The molecule has 0 aromatic rings. The summed E-state index contributed by atoms with van der Waals surface area (Å²) >= 11 is 0. The molecule has 5 heteroatoms. The fourth-order valence-electron chi connectivity index (χ4n) is 0.794. The predicted molar refractivity (Wildman–Crippen MR) is 53.7 cm³/mol. The molecule has 0 aliphatic rings. The summed E-state index contributed by atoms with van der Waals surface area (Å²) in [6, 6.07) is 0.